The van der Waals surface area contributed by atoms with Crippen LogP contribution in [0.4, 0.5) is 5.69 Å². The largest absolute Gasteiger partial charge is 0.497 e. The summed E-state index contributed by atoms with van der Waals surface area (Å²) in [6, 6.07) is 15.3. The number of benzene rings is 2. The molecule has 2 aromatic heterocycles. The fourth-order valence-corrected chi connectivity index (χ4v) is 6.05. The predicted octanol–water partition coefficient (Wildman–Crippen LogP) is 5.21. The molecule has 0 bridgehead atoms. The minimum atomic E-state index is 0.737. The summed E-state index contributed by atoms with van der Waals surface area (Å²) >= 11 is 0. The number of H-pyrrole nitrogens is 2. The molecule has 200 valence electrons. The molecular weight excluding hydrogens is 476 g/mol. The zero-order chi connectivity index (χ0) is 25.9. The van der Waals surface area contributed by atoms with Gasteiger partial charge in [0, 0.05) is 30.9 Å². The van der Waals surface area contributed by atoms with Crippen molar-refractivity contribution in [2.24, 2.45) is 0 Å². The van der Waals surface area contributed by atoms with Crippen LogP contribution in [-0.2, 0) is 12.8 Å². The van der Waals surface area contributed by atoms with Crippen LogP contribution in [0.1, 0.15) is 43.4 Å². The van der Waals surface area contributed by atoms with Gasteiger partial charge in [0.05, 0.1) is 25.4 Å². The third kappa shape index (κ3) is 5.23. The van der Waals surface area contributed by atoms with E-state index in [-0.39, 0.29) is 0 Å². The van der Waals surface area contributed by atoms with Gasteiger partial charge in [-0.3, -0.25) is 5.10 Å². The van der Waals surface area contributed by atoms with Gasteiger partial charge in [-0.1, -0.05) is 12.5 Å². The summed E-state index contributed by atoms with van der Waals surface area (Å²) in [5.41, 5.74) is 6.40. The molecule has 2 fully saturated rings. The lowest BCUT2D eigenvalue weighted by Crippen LogP contribution is -2.46. The van der Waals surface area contributed by atoms with E-state index in [1.165, 1.54) is 50.9 Å². The average molecular weight is 515 g/mol. The molecule has 8 heteroatoms. The summed E-state index contributed by atoms with van der Waals surface area (Å²) in [5.74, 6) is 2.41. The first-order valence-electron chi connectivity index (χ1n) is 13.9. The number of methoxy groups -OCH3 is 2. The molecule has 0 aliphatic carbocycles. The first kappa shape index (κ1) is 24.8. The maximum absolute atomic E-state index is 5.41. The maximum atomic E-state index is 5.41. The Morgan fingerprint density at radius 2 is 1.66 bits per heavy atom. The Morgan fingerprint density at radius 1 is 0.895 bits per heavy atom. The van der Waals surface area contributed by atoms with E-state index in [0.717, 1.165) is 77.3 Å². The van der Waals surface area contributed by atoms with Gasteiger partial charge in [-0.2, -0.15) is 5.10 Å². The number of aromatic amines is 2. The number of fused-ring (bicyclic) bond motifs is 1. The molecule has 2 N–H and O–H groups in total. The third-order valence-electron chi connectivity index (χ3n) is 8.17. The molecule has 8 nitrogen and oxygen atoms in total. The van der Waals surface area contributed by atoms with Crippen molar-refractivity contribution in [3.8, 4) is 23.0 Å². The zero-order valence-corrected chi connectivity index (χ0v) is 22.5. The molecule has 4 aromatic rings. The first-order chi connectivity index (χ1) is 18.7. The molecule has 38 heavy (non-hydrogen) atoms. The molecular formula is C30H38N6O2. The van der Waals surface area contributed by atoms with Crippen LogP contribution < -0.4 is 14.4 Å². The van der Waals surface area contributed by atoms with Crippen LogP contribution in [0.15, 0.2) is 42.5 Å². The Balaban J connectivity index is 1.14. The number of rotatable bonds is 8. The second kappa shape index (κ2) is 11.1. The second-order valence-corrected chi connectivity index (χ2v) is 10.6. The highest BCUT2D eigenvalue weighted by atomic mass is 16.5. The standard InChI is InChI=1S/C30H38N6O2/c1-37-24-17-21(18-25(20-24)38-2)9-10-22-19-27(34-33-22)30-31-26-7-6-8-28(29(26)32-30)36-15-11-23(12-16-36)35-13-4-3-5-14-35/h6-8,17-20,23H,3-5,9-16H2,1-2H3,(H,31,32)(H,33,34). The van der Waals surface area contributed by atoms with Crippen molar-refractivity contribution in [2.45, 2.75) is 51.0 Å². The van der Waals surface area contributed by atoms with Crippen LogP contribution in [0, 0.1) is 0 Å². The number of piperidine rings is 2. The first-order valence-corrected chi connectivity index (χ1v) is 13.9. The van der Waals surface area contributed by atoms with Crippen LogP contribution >= 0.6 is 0 Å². The van der Waals surface area contributed by atoms with Crippen LogP contribution in [0.25, 0.3) is 22.6 Å². The highest BCUT2D eigenvalue weighted by Crippen LogP contribution is 2.31. The van der Waals surface area contributed by atoms with E-state index in [1.807, 2.05) is 6.07 Å². The Morgan fingerprint density at radius 3 is 2.39 bits per heavy atom. The van der Waals surface area contributed by atoms with E-state index in [9.17, 15) is 0 Å². The third-order valence-corrected chi connectivity index (χ3v) is 8.17. The second-order valence-electron chi connectivity index (χ2n) is 10.6. The van der Waals surface area contributed by atoms with Gasteiger partial charge in [0.1, 0.15) is 22.7 Å². The fourth-order valence-electron chi connectivity index (χ4n) is 6.05. The summed E-state index contributed by atoms with van der Waals surface area (Å²) in [4.78, 5) is 13.8. The number of nitrogens with zero attached hydrogens (tertiary/aromatic N) is 4. The minimum Gasteiger partial charge on any atom is -0.497 e. The number of aryl methyl sites for hydroxylation is 2. The molecule has 0 spiro atoms. The van der Waals surface area contributed by atoms with Crippen molar-refractivity contribution in [3.05, 3.63) is 53.7 Å². The summed E-state index contributed by atoms with van der Waals surface area (Å²) in [5, 5.41) is 7.78. The number of nitrogens with one attached hydrogen (secondary N) is 2. The fraction of sp³-hybridized carbons (Fsp3) is 0.467. The Kier molecular flexibility index (Phi) is 7.22. The van der Waals surface area contributed by atoms with Gasteiger partial charge in [-0.05, 0) is 87.5 Å². The molecule has 6 rings (SSSR count). The maximum Gasteiger partial charge on any atom is 0.159 e. The van der Waals surface area contributed by atoms with Crippen LogP contribution in [0.5, 0.6) is 11.5 Å². The lowest BCUT2D eigenvalue weighted by Gasteiger charge is -2.41. The summed E-state index contributed by atoms with van der Waals surface area (Å²) in [6.45, 7) is 4.74. The molecule has 0 atom stereocenters. The number of ether oxygens (including phenoxy) is 2. The molecule has 4 heterocycles. The number of aromatic nitrogens is 4. The van der Waals surface area contributed by atoms with Gasteiger partial charge in [0.25, 0.3) is 0 Å². The van der Waals surface area contributed by atoms with Crippen molar-refractivity contribution in [3.63, 3.8) is 0 Å². The molecule has 0 amide bonds. The highest BCUT2D eigenvalue weighted by Gasteiger charge is 2.27. The topological polar surface area (TPSA) is 82.3 Å². The van der Waals surface area contributed by atoms with E-state index in [4.69, 9.17) is 14.5 Å². The predicted molar refractivity (Wildman–Crippen MR) is 151 cm³/mol. The summed E-state index contributed by atoms with van der Waals surface area (Å²) in [6.07, 6.45) is 8.27. The summed E-state index contributed by atoms with van der Waals surface area (Å²) < 4.78 is 10.8. The van der Waals surface area contributed by atoms with E-state index >= 15 is 0 Å². The number of anilines is 1. The van der Waals surface area contributed by atoms with E-state index in [2.05, 4.69) is 61.4 Å². The van der Waals surface area contributed by atoms with Crippen molar-refractivity contribution in [1.29, 1.82) is 0 Å². The van der Waals surface area contributed by atoms with Gasteiger partial charge in [-0.15, -0.1) is 0 Å². The molecule has 2 aromatic carbocycles. The van der Waals surface area contributed by atoms with E-state index in [0.29, 0.717) is 0 Å². The van der Waals surface area contributed by atoms with Crippen molar-refractivity contribution < 1.29 is 9.47 Å². The van der Waals surface area contributed by atoms with Gasteiger partial charge < -0.3 is 24.3 Å². The van der Waals surface area contributed by atoms with Gasteiger partial charge in [0.2, 0.25) is 0 Å². The van der Waals surface area contributed by atoms with Crippen molar-refractivity contribution in [2.75, 3.05) is 45.3 Å². The molecule has 2 aliphatic heterocycles. The quantitative estimate of drug-likeness (QED) is 0.336. The van der Waals surface area contributed by atoms with E-state index in [1.54, 1.807) is 14.2 Å². The number of hydrogen-bond acceptors (Lipinski definition) is 6. The van der Waals surface area contributed by atoms with Crippen molar-refractivity contribution in [1.82, 2.24) is 25.1 Å². The van der Waals surface area contributed by atoms with E-state index < -0.39 is 0 Å². The lowest BCUT2D eigenvalue weighted by atomic mass is 9.99. The number of imidazole rings is 1. The lowest BCUT2D eigenvalue weighted by molar-refractivity contribution is 0.141. The normalized spacial score (nSPS) is 17.3. The van der Waals surface area contributed by atoms with Gasteiger partial charge >= 0.3 is 0 Å². The van der Waals surface area contributed by atoms with Crippen LogP contribution in [0.3, 0.4) is 0 Å². The van der Waals surface area contributed by atoms with Crippen LogP contribution in [0.2, 0.25) is 0 Å². The zero-order valence-electron chi connectivity index (χ0n) is 22.5. The monoisotopic (exact) mass is 514 g/mol. The van der Waals surface area contributed by atoms with Crippen LogP contribution in [-0.4, -0.2) is 71.5 Å². The van der Waals surface area contributed by atoms with Gasteiger partial charge in [-0.25, -0.2) is 4.98 Å². The Hall–Kier alpha value is -3.52. The molecule has 0 unspecified atom stereocenters. The average Bonchev–Trinajstić information content (AvgIpc) is 3.64. The smallest absolute Gasteiger partial charge is 0.159 e. The molecule has 0 saturated carbocycles. The number of hydrogen-bond donors (Lipinski definition) is 2. The Bertz CT molecular complexity index is 1340. The number of para-hydroxylation sites is 1. The molecule has 0 radical (unpaired) electrons. The highest BCUT2D eigenvalue weighted by molar-refractivity contribution is 5.90. The SMILES string of the molecule is COc1cc(CCc2cc(-c3nc4c(N5CCC(N6CCCCC6)CC5)cccc4[nH]3)n[nH]2)cc(OC)c1. The number of likely N-dealkylation sites (tertiary alicyclic amines) is 1. The minimum absolute atomic E-state index is 0.737. The molecule has 2 saturated heterocycles. The molecule has 2 aliphatic rings. The summed E-state index contributed by atoms with van der Waals surface area (Å²) in [7, 11) is 3.35. The van der Waals surface area contributed by atoms with Gasteiger partial charge in [0.15, 0.2) is 5.82 Å². The van der Waals surface area contributed by atoms with Crippen molar-refractivity contribution >= 4 is 16.7 Å². The Labute approximate surface area is 224 Å².